The van der Waals surface area contributed by atoms with Crippen LogP contribution in [-0.2, 0) is 10.1 Å². The second-order valence-electron chi connectivity index (χ2n) is 14.5. The van der Waals surface area contributed by atoms with E-state index in [-0.39, 0.29) is 32.3 Å². The molecule has 0 unspecified atom stereocenters. The zero-order chi connectivity index (χ0) is 49.1. The third kappa shape index (κ3) is 12.7. The molecule has 6 aromatic carbocycles. The number of carbonyl (C=O) groups is 2. The van der Waals surface area contributed by atoms with Crippen molar-refractivity contribution in [3.63, 3.8) is 0 Å². The first-order valence-electron chi connectivity index (χ1n) is 19.4. The van der Waals surface area contributed by atoms with E-state index in [9.17, 15) is 37.3 Å². The number of aromatic carboxylic acids is 2. The van der Waals surface area contributed by atoms with Crippen LogP contribution >= 0.6 is 10.6 Å². The average molecular weight is 946 g/mol. The zero-order valence-corrected chi connectivity index (χ0v) is 38.0. The summed E-state index contributed by atoms with van der Waals surface area (Å²) in [6, 6.07) is 28.1. The van der Waals surface area contributed by atoms with E-state index in [4.69, 9.17) is 10.2 Å². The van der Waals surface area contributed by atoms with Gasteiger partial charge in [0.25, 0.3) is 10.1 Å². The Morgan fingerprint density at radius 1 is 0.388 bits per heavy atom. The molecule has 0 amide bonds. The quantitative estimate of drug-likeness (QED) is 0.0496. The van der Waals surface area contributed by atoms with Crippen LogP contribution in [0, 0.1) is 56.3 Å². The van der Waals surface area contributed by atoms with Crippen molar-refractivity contribution in [2.45, 2.75) is 51.3 Å². The molecule has 0 heterocycles. The van der Waals surface area contributed by atoms with Crippen molar-refractivity contribution in [2.75, 3.05) is 0 Å². The molecule has 67 heavy (non-hydrogen) atoms. The number of aryl methyl sites for hydroxylation is 6. The Bertz CT molecular complexity index is 3120. The van der Waals surface area contributed by atoms with Crippen LogP contribution < -0.4 is 0 Å². The van der Waals surface area contributed by atoms with E-state index in [1.807, 2.05) is 27.7 Å². The van der Waals surface area contributed by atoms with Gasteiger partial charge in [-0.25, -0.2) is 9.59 Å². The lowest BCUT2D eigenvalue weighted by atomic mass is 10.1. The fraction of sp³-hybridized carbons (Fsp3) is 0.136. The topological polar surface area (TPSA) is 316 Å². The van der Waals surface area contributed by atoms with Crippen molar-refractivity contribution >= 4 is 78.1 Å². The van der Waals surface area contributed by atoms with Crippen LogP contribution in [0.2, 0.25) is 0 Å². The second kappa shape index (κ2) is 21.6. The van der Waals surface area contributed by atoms with E-state index in [0.29, 0.717) is 45.3 Å². The SMILES string of the molecule is Cc1cc(N=Nc2ccc(C)c(S(=O)(=O)O)c2)c(C)cc1N=Nc1ccc(C(=O)O)cc1.Cc1cc(N=Nc2ccc(C)c(S(N=O)(N=O)N=O)c2)c(C)cc1N=Nc1ccc(C(=O)O)cc1. The summed E-state index contributed by atoms with van der Waals surface area (Å²) in [6.07, 6.45) is 0. The van der Waals surface area contributed by atoms with Crippen molar-refractivity contribution in [3.05, 3.63) is 168 Å². The summed E-state index contributed by atoms with van der Waals surface area (Å²) in [6.45, 7) is 10.5. The third-order valence-corrected chi connectivity index (χ3v) is 12.2. The van der Waals surface area contributed by atoms with Crippen LogP contribution in [0.5, 0.6) is 0 Å². The van der Waals surface area contributed by atoms with Crippen molar-refractivity contribution in [1.82, 2.24) is 0 Å². The first-order valence-corrected chi connectivity index (χ1v) is 22.3. The summed E-state index contributed by atoms with van der Waals surface area (Å²) in [5.41, 5.74) is 8.19. The summed E-state index contributed by atoms with van der Waals surface area (Å²) in [4.78, 5) is 55.1. The lowest BCUT2D eigenvalue weighted by molar-refractivity contribution is 0.0686. The highest BCUT2D eigenvalue weighted by molar-refractivity contribution is 8.30. The number of carboxylic acids is 2. The van der Waals surface area contributed by atoms with E-state index in [2.05, 4.69) is 54.7 Å². The van der Waals surface area contributed by atoms with E-state index in [1.165, 1.54) is 36.4 Å². The molecule has 6 rings (SSSR count). The minimum Gasteiger partial charge on any atom is -0.478 e. The van der Waals surface area contributed by atoms with Gasteiger partial charge in [0.2, 0.25) is 0 Å². The van der Waals surface area contributed by atoms with Gasteiger partial charge in [0, 0.05) is 13.7 Å². The molecule has 0 aliphatic rings. The summed E-state index contributed by atoms with van der Waals surface area (Å²) in [7, 11) is -7.98. The van der Waals surface area contributed by atoms with Gasteiger partial charge < -0.3 is 10.2 Å². The largest absolute Gasteiger partial charge is 0.478 e. The number of nitrogens with zero attached hydrogens (tertiary/aromatic N) is 11. The van der Waals surface area contributed by atoms with Crippen LogP contribution in [0.3, 0.4) is 0 Å². The number of benzene rings is 6. The summed E-state index contributed by atoms with van der Waals surface area (Å²) < 4.78 is 40.0. The lowest BCUT2D eigenvalue weighted by Crippen LogP contribution is -2.00. The number of hydrogen-bond acceptors (Lipinski definition) is 18. The fourth-order valence-electron chi connectivity index (χ4n) is 5.83. The molecule has 0 aliphatic carbocycles. The molecule has 342 valence electrons. The van der Waals surface area contributed by atoms with E-state index in [1.54, 1.807) is 86.6 Å². The van der Waals surface area contributed by atoms with Gasteiger partial charge in [0.05, 0.1) is 66.4 Å². The van der Waals surface area contributed by atoms with Gasteiger partial charge >= 0.3 is 11.9 Å². The highest BCUT2D eigenvalue weighted by Gasteiger charge is 2.33. The lowest BCUT2D eigenvalue weighted by Gasteiger charge is -2.16. The van der Waals surface area contributed by atoms with Crippen molar-refractivity contribution in [1.29, 1.82) is 0 Å². The summed E-state index contributed by atoms with van der Waals surface area (Å²) >= 11 is 0. The number of azo groups is 4. The smallest absolute Gasteiger partial charge is 0.335 e. The van der Waals surface area contributed by atoms with Crippen LogP contribution in [0.1, 0.15) is 54.1 Å². The van der Waals surface area contributed by atoms with Crippen LogP contribution in [-0.4, -0.2) is 35.1 Å². The first-order chi connectivity index (χ1) is 31.8. The Labute approximate surface area is 384 Å². The molecule has 0 fully saturated rings. The molecule has 0 bridgehead atoms. The van der Waals surface area contributed by atoms with Crippen LogP contribution in [0.15, 0.2) is 174 Å². The Balaban J connectivity index is 0.000000252. The third-order valence-electron chi connectivity index (χ3n) is 9.58. The summed E-state index contributed by atoms with van der Waals surface area (Å²) in [5, 5.41) is 51.3. The molecule has 23 heteroatoms. The Morgan fingerprint density at radius 2 is 0.672 bits per heavy atom. The molecule has 21 nitrogen and oxygen atoms in total. The van der Waals surface area contributed by atoms with Crippen molar-refractivity contribution in [3.8, 4) is 0 Å². The maximum atomic E-state index is 11.5. The van der Waals surface area contributed by atoms with Crippen LogP contribution in [0.25, 0.3) is 0 Å². The average Bonchev–Trinajstić information content (AvgIpc) is 3.30. The maximum absolute atomic E-state index is 11.5. The highest BCUT2D eigenvalue weighted by Crippen LogP contribution is 2.61. The molecule has 0 radical (unpaired) electrons. The second-order valence-corrected chi connectivity index (χ2v) is 17.8. The van der Waals surface area contributed by atoms with Gasteiger partial charge in [-0.3, -0.25) is 4.55 Å². The molecular formula is C44H39N11O10S2. The molecule has 0 saturated carbocycles. The number of rotatable bonds is 15. The molecule has 0 spiro atoms. The Morgan fingerprint density at radius 3 is 0.970 bits per heavy atom. The molecule has 0 saturated heterocycles. The molecule has 0 atom stereocenters. The molecule has 3 N–H and O–H groups in total. The normalized spacial score (nSPS) is 12.0. The predicted octanol–water partition coefficient (Wildman–Crippen LogP) is 14.7. The van der Waals surface area contributed by atoms with Gasteiger partial charge in [0.15, 0.2) is 10.6 Å². The molecule has 6 aromatic rings. The maximum Gasteiger partial charge on any atom is 0.335 e. The van der Waals surface area contributed by atoms with E-state index < -0.39 is 32.6 Å². The van der Waals surface area contributed by atoms with Gasteiger partial charge in [-0.05, 0) is 172 Å². The molecular weight excluding hydrogens is 907 g/mol. The van der Waals surface area contributed by atoms with E-state index in [0.717, 1.165) is 22.3 Å². The molecule has 0 aliphatic heterocycles. The Kier molecular flexibility index (Phi) is 16.0. The molecule has 0 aromatic heterocycles. The minimum atomic E-state index is -4.35. The highest BCUT2D eigenvalue weighted by atomic mass is 32.3. The fourth-order valence-corrected chi connectivity index (χ4v) is 7.67. The number of carboxylic acid groups (broad SMARTS) is 2. The van der Waals surface area contributed by atoms with Gasteiger partial charge in [-0.15, -0.1) is 14.7 Å². The minimum absolute atomic E-state index is 0.00833. The van der Waals surface area contributed by atoms with Crippen molar-refractivity contribution in [2.24, 2.45) is 54.7 Å². The van der Waals surface area contributed by atoms with Gasteiger partial charge in [-0.1, -0.05) is 12.1 Å². The predicted molar refractivity (Wildman–Crippen MR) is 251 cm³/mol. The monoisotopic (exact) mass is 945 g/mol. The van der Waals surface area contributed by atoms with Gasteiger partial charge in [0.1, 0.15) is 0 Å². The number of nitroso groups, excluding NO2 is 3. The number of hydrogen-bond donors (Lipinski definition) is 3. The van der Waals surface area contributed by atoms with Crippen molar-refractivity contribution < 1.29 is 32.8 Å². The summed E-state index contributed by atoms with van der Waals surface area (Å²) in [5.74, 6) is -2.03. The van der Waals surface area contributed by atoms with E-state index >= 15 is 0 Å². The standard InChI is InChI=1S/C22H19N7O5S.C22H20N4O5S/c1-13-4-7-18(12-21(13)35(27-32,28-33)29-34)24-26-20-11-14(2)19(10-15(20)3)25-23-17-8-5-16(6-9-17)22(30)31;1-13-4-7-18(12-21(13)32(29,30)31)24-26-20-11-14(2)19(10-15(20)3)25-23-17-8-5-16(6-9-17)22(27)28/h4-12H,1-3H3,(H,30,31);4-12H,1-3H3,(H,27,28)(H,29,30,31). The van der Waals surface area contributed by atoms with Gasteiger partial charge in [-0.2, -0.15) is 49.3 Å². The Hall–Kier alpha value is -8.28. The van der Waals surface area contributed by atoms with Crippen LogP contribution in [0.4, 0.5) is 45.5 Å². The zero-order valence-electron chi connectivity index (χ0n) is 36.3. The first kappa shape index (κ1) is 49.7.